The van der Waals surface area contributed by atoms with Crippen molar-refractivity contribution in [2.45, 2.75) is 51.1 Å². The number of rotatable bonds is 3. The number of hydrogen-bond acceptors (Lipinski definition) is 4. The van der Waals surface area contributed by atoms with Crippen molar-refractivity contribution in [3.63, 3.8) is 0 Å². The Balaban J connectivity index is 1.43. The van der Waals surface area contributed by atoms with Crippen LogP contribution in [0.4, 0.5) is 5.69 Å². The van der Waals surface area contributed by atoms with E-state index in [-0.39, 0.29) is 17.9 Å². The third-order valence-electron chi connectivity index (χ3n) is 6.78. The fraction of sp³-hybridized carbons (Fsp3) is 0.417. The molecule has 0 bridgehead atoms. The first-order valence-electron chi connectivity index (χ1n) is 11.0. The summed E-state index contributed by atoms with van der Waals surface area (Å²) in [5.74, 6) is 0.201. The molecule has 7 heteroatoms. The normalized spacial score (nSPS) is 23.0. The van der Waals surface area contributed by atoms with Gasteiger partial charge in [0.25, 0.3) is 5.91 Å². The molecule has 1 N–H and O–H groups in total. The number of fused-ring (bicyclic) bond motifs is 2. The van der Waals surface area contributed by atoms with Crippen molar-refractivity contribution in [3.8, 4) is 0 Å². The number of nitrogens with one attached hydrogen (secondary N) is 1. The second-order valence-electron chi connectivity index (χ2n) is 8.74. The first-order chi connectivity index (χ1) is 15.0. The Hall–Kier alpha value is -3.22. The average molecular weight is 418 g/mol. The Bertz CT molecular complexity index is 1140. The number of amides is 2. The molecule has 0 spiro atoms. The van der Waals surface area contributed by atoms with Gasteiger partial charge < -0.3 is 10.2 Å². The fourth-order valence-electron chi connectivity index (χ4n) is 5.32. The highest BCUT2D eigenvalue weighted by Crippen LogP contribution is 2.41. The van der Waals surface area contributed by atoms with Crippen molar-refractivity contribution in [3.05, 3.63) is 53.9 Å². The van der Waals surface area contributed by atoms with Crippen LogP contribution in [0, 0.1) is 12.8 Å². The van der Waals surface area contributed by atoms with Gasteiger partial charge in [0, 0.05) is 24.0 Å². The van der Waals surface area contributed by atoms with Gasteiger partial charge in [0.15, 0.2) is 5.65 Å². The predicted molar refractivity (Wildman–Crippen MR) is 119 cm³/mol. The third kappa shape index (κ3) is 3.48. The lowest BCUT2D eigenvalue weighted by atomic mass is 9.84. The maximum Gasteiger partial charge on any atom is 0.254 e. The highest BCUT2D eigenvalue weighted by molar-refractivity contribution is 6.02. The van der Waals surface area contributed by atoms with Gasteiger partial charge in [-0.25, -0.2) is 4.98 Å². The molecule has 5 rings (SSSR count). The summed E-state index contributed by atoms with van der Waals surface area (Å²) in [4.78, 5) is 33.1. The molecule has 3 unspecified atom stereocenters. The van der Waals surface area contributed by atoms with Crippen LogP contribution in [-0.4, -0.2) is 43.6 Å². The van der Waals surface area contributed by atoms with Crippen molar-refractivity contribution in [1.29, 1.82) is 0 Å². The Labute approximate surface area is 181 Å². The maximum absolute atomic E-state index is 13.4. The fourth-order valence-corrected chi connectivity index (χ4v) is 5.32. The van der Waals surface area contributed by atoms with E-state index in [1.54, 1.807) is 10.9 Å². The summed E-state index contributed by atoms with van der Waals surface area (Å²) in [6.07, 6.45) is 6.70. The lowest BCUT2D eigenvalue weighted by Gasteiger charge is -2.33. The van der Waals surface area contributed by atoms with Gasteiger partial charge in [-0.15, -0.1) is 0 Å². The zero-order valence-electron chi connectivity index (χ0n) is 17.9. The minimum Gasteiger partial charge on any atom is -0.323 e. The van der Waals surface area contributed by atoms with E-state index in [1.165, 1.54) is 6.42 Å². The molecule has 2 fully saturated rings. The average Bonchev–Trinajstić information content (AvgIpc) is 3.31. The molecule has 1 saturated carbocycles. The first kappa shape index (κ1) is 19.7. The summed E-state index contributed by atoms with van der Waals surface area (Å²) < 4.78 is 1.73. The molecule has 7 nitrogen and oxygen atoms in total. The quantitative estimate of drug-likeness (QED) is 0.705. The van der Waals surface area contributed by atoms with Crippen LogP contribution in [0.3, 0.4) is 0 Å². The maximum atomic E-state index is 13.4. The Kier molecular flexibility index (Phi) is 4.96. The number of anilines is 1. The second kappa shape index (κ2) is 7.80. The van der Waals surface area contributed by atoms with Crippen LogP contribution in [0.5, 0.6) is 0 Å². The van der Waals surface area contributed by atoms with Gasteiger partial charge in [-0.05, 0) is 50.3 Å². The summed E-state index contributed by atoms with van der Waals surface area (Å²) in [6, 6.07) is 10.9. The van der Waals surface area contributed by atoms with Crippen molar-refractivity contribution in [1.82, 2.24) is 19.7 Å². The number of carbonyl (C=O) groups excluding carboxylic acids is 2. The zero-order chi connectivity index (χ0) is 21.5. The zero-order valence-corrected chi connectivity index (χ0v) is 17.9. The third-order valence-corrected chi connectivity index (χ3v) is 6.78. The molecule has 2 aromatic heterocycles. The molecule has 3 heterocycles. The van der Waals surface area contributed by atoms with Crippen LogP contribution < -0.4 is 5.32 Å². The van der Waals surface area contributed by atoms with E-state index < -0.39 is 6.04 Å². The monoisotopic (exact) mass is 417 g/mol. The predicted octanol–water partition coefficient (Wildman–Crippen LogP) is 3.69. The van der Waals surface area contributed by atoms with Crippen LogP contribution in [0.15, 0.2) is 42.6 Å². The Morgan fingerprint density at radius 2 is 1.90 bits per heavy atom. The summed E-state index contributed by atoms with van der Waals surface area (Å²) in [6.45, 7) is 1.93. The molecule has 1 saturated heterocycles. The molecule has 31 heavy (non-hydrogen) atoms. The van der Waals surface area contributed by atoms with Crippen LogP contribution >= 0.6 is 0 Å². The van der Waals surface area contributed by atoms with Crippen LogP contribution in [-0.2, 0) is 11.8 Å². The minimum atomic E-state index is -0.466. The molecular weight excluding hydrogens is 390 g/mol. The topological polar surface area (TPSA) is 80.1 Å². The number of carbonyl (C=O) groups is 2. The molecule has 3 atom stereocenters. The Morgan fingerprint density at radius 3 is 2.71 bits per heavy atom. The molecular formula is C24H27N5O2. The van der Waals surface area contributed by atoms with Crippen molar-refractivity contribution < 1.29 is 9.59 Å². The lowest BCUT2D eigenvalue weighted by molar-refractivity contribution is -0.120. The van der Waals surface area contributed by atoms with Gasteiger partial charge in [0.05, 0.1) is 17.6 Å². The summed E-state index contributed by atoms with van der Waals surface area (Å²) in [5.41, 5.74) is 2.92. The summed E-state index contributed by atoms with van der Waals surface area (Å²) >= 11 is 0. The summed E-state index contributed by atoms with van der Waals surface area (Å²) in [5, 5.41) is 8.33. The Morgan fingerprint density at radius 1 is 1.13 bits per heavy atom. The molecule has 0 radical (unpaired) electrons. The van der Waals surface area contributed by atoms with E-state index in [2.05, 4.69) is 15.4 Å². The number of benzene rings is 1. The molecule has 2 amide bonds. The highest BCUT2D eigenvalue weighted by Gasteiger charge is 2.47. The van der Waals surface area contributed by atoms with E-state index >= 15 is 0 Å². The number of aromatic nitrogens is 3. The second-order valence-corrected chi connectivity index (χ2v) is 8.74. The number of hydrogen-bond donors (Lipinski definition) is 1. The molecule has 160 valence electrons. The number of pyridine rings is 1. The smallest absolute Gasteiger partial charge is 0.254 e. The van der Waals surface area contributed by atoms with E-state index in [0.29, 0.717) is 17.2 Å². The minimum absolute atomic E-state index is 0.0492. The van der Waals surface area contributed by atoms with E-state index in [1.807, 2.05) is 55.3 Å². The number of likely N-dealkylation sites (tertiary alicyclic amines) is 1. The number of nitrogens with zero attached hydrogens (tertiary/aromatic N) is 4. The first-order valence-corrected chi connectivity index (χ1v) is 11.0. The van der Waals surface area contributed by atoms with Crippen LogP contribution in [0.1, 0.15) is 48.2 Å². The van der Waals surface area contributed by atoms with Crippen molar-refractivity contribution in [2.24, 2.45) is 13.0 Å². The SMILES string of the molecule is Cc1nn(C)c2ncc(NC(=O)C3CC4CCCCC4N3C(=O)c3ccccc3)cc12. The molecule has 1 aliphatic carbocycles. The molecule has 3 aromatic rings. The van der Waals surface area contributed by atoms with E-state index in [4.69, 9.17) is 0 Å². The molecule has 1 aliphatic heterocycles. The molecule has 1 aromatic carbocycles. The molecule has 2 aliphatic rings. The van der Waals surface area contributed by atoms with E-state index in [0.717, 1.165) is 42.4 Å². The van der Waals surface area contributed by atoms with Crippen LogP contribution in [0.25, 0.3) is 11.0 Å². The van der Waals surface area contributed by atoms with Gasteiger partial charge >= 0.3 is 0 Å². The number of aryl methyl sites for hydroxylation is 2. The van der Waals surface area contributed by atoms with Gasteiger partial charge in [-0.3, -0.25) is 14.3 Å². The summed E-state index contributed by atoms with van der Waals surface area (Å²) in [7, 11) is 1.86. The standard InChI is InChI=1S/C24H27N5O2/c1-15-19-13-18(14-25-22(19)28(2)27-15)26-23(30)21-12-17-10-6-7-11-20(17)29(21)24(31)16-8-4-3-5-9-16/h3-5,8-9,13-14,17,20-21H,6-7,10-12H2,1-2H3,(H,26,30). The van der Waals surface area contributed by atoms with Gasteiger partial charge in [-0.2, -0.15) is 5.10 Å². The van der Waals surface area contributed by atoms with E-state index in [9.17, 15) is 9.59 Å². The highest BCUT2D eigenvalue weighted by atomic mass is 16.2. The lowest BCUT2D eigenvalue weighted by Crippen LogP contribution is -2.47. The van der Waals surface area contributed by atoms with Crippen LogP contribution in [0.2, 0.25) is 0 Å². The van der Waals surface area contributed by atoms with Gasteiger partial charge in [0.2, 0.25) is 5.91 Å². The van der Waals surface area contributed by atoms with Crippen molar-refractivity contribution >= 4 is 28.5 Å². The van der Waals surface area contributed by atoms with Gasteiger partial charge in [-0.1, -0.05) is 31.0 Å². The largest absolute Gasteiger partial charge is 0.323 e. The van der Waals surface area contributed by atoms with Gasteiger partial charge in [0.1, 0.15) is 6.04 Å². The van der Waals surface area contributed by atoms with Crippen molar-refractivity contribution in [2.75, 3.05) is 5.32 Å².